The highest BCUT2D eigenvalue weighted by molar-refractivity contribution is 6.69. The summed E-state index contributed by atoms with van der Waals surface area (Å²) in [6, 6.07) is 13.9. The van der Waals surface area contributed by atoms with Crippen molar-refractivity contribution in [3.63, 3.8) is 0 Å². The maximum absolute atomic E-state index is 6.02. The highest BCUT2D eigenvalue weighted by atomic mass is 35.6. The Morgan fingerprint density at radius 2 is 1.29 bits per heavy atom. The van der Waals surface area contributed by atoms with Crippen LogP contribution in [-0.4, -0.2) is 0 Å². The summed E-state index contributed by atoms with van der Waals surface area (Å²) in [4.78, 5) is 0. The van der Waals surface area contributed by atoms with Crippen LogP contribution in [0.4, 0.5) is 0 Å². The van der Waals surface area contributed by atoms with Gasteiger partial charge in [0.15, 0.2) is 0 Å². The maximum Gasteiger partial charge on any atom is 0.220 e. The van der Waals surface area contributed by atoms with Gasteiger partial charge < -0.3 is 4.74 Å². The Hall–Kier alpha value is -0.0200. The van der Waals surface area contributed by atoms with Crippen molar-refractivity contribution >= 4 is 69.6 Å². The van der Waals surface area contributed by atoms with Crippen LogP contribution in [0.15, 0.2) is 48.5 Å². The van der Waals surface area contributed by atoms with E-state index in [0.29, 0.717) is 11.5 Å². The van der Waals surface area contributed by atoms with Crippen LogP contribution in [0.1, 0.15) is 11.1 Å². The molecule has 0 aliphatic rings. The summed E-state index contributed by atoms with van der Waals surface area (Å²) in [7, 11) is 0. The fraction of sp³-hybridized carbons (Fsp3) is 0.143. The summed E-state index contributed by atoms with van der Waals surface area (Å²) in [5.74, 6) is 0.888. The third-order valence-corrected chi connectivity index (χ3v) is 3.76. The minimum Gasteiger partial charge on any atom is -0.457 e. The Morgan fingerprint density at radius 3 is 1.81 bits per heavy atom. The van der Waals surface area contributed by atoms with Gasteiger partial charge in [0.1, 0.15) is 11.5 Å². The summed E-state index contributed by atoms with van der Waals surface area (Å²) in [5.41, 5.74) is 0.444. The number of rotatable bonds is 2. The molecule has 0 amide bonds. The van der Waals surface area contributed by atoms with Crippen molar-refractivity contribution in [2.24, 2.45) is 0 Å². The highest BCUT2D eigenvalue weighted by Crippen LogP contribution is 2.51. The molecule has 0 aliphatic carbocycles. The molecule has 0 heterocycles. The van der Waals surface area contributed by atoms with Crippen molar-refractivity contribution in [3.05, 3.63) is 59.7 Å². The van der Waals surface area contributed by atoms with E-state index in [9.17, 15) is 0 Å². The zero-order chi connectivity index (χ0) is 15.7. The van der Waals surface area contributed by atoms with Crippen LogP contribution >= 0.6 is 69.6 Å². The van der Waals surface area contributed by atoms with Crippen LogP contribution < -0.4 is 4.74 Å². The maximum atomic E-state index is 6.02. The zero-order valence-corrected chi connectivity index (χ0v) is 14.8. The molecule has 0 spiro atoms. The van der Waals surface area contributed by atoms with Crippen LogP contribution in [0.3, 0.4) is 0 Å². The lowest BCUT2D eigenvalue weighted by molar-refractivity contribution is 0.476. The van der Waals surface area contributed by atoms with Crippen LogP contribution in [-0.2, 0) is 7.59 Å². The Kier molecular flexibility index (Phi) is 5.46. The molecular weight excluding hydrogens is 397 g/mol. The van der Waals surface area contributed by atoms with Gasteiger partial charge in [-0.2, -0.15) is 0 Å². The SMILES string of the molecule is ClC(Cl)(Cl)c1cccc(Oc2ccccc2)c1C(Cl)(Cl)Cl. The first kappa shape index (κ1) is 17.3. The second-order valence-electron chi connectivity index (χ2n) is 4.09. The number of para-hydroxylation sites is 1. The average molecular weight is 405 g/mol. The fourth-order valence-electron chi connectivity index (χ4n) is 1.76. The molecule has 0 fully saturated rings. The van der Waals surface area contributed by atoms with Gasteiger partial charge in [-0.3, -0.25) is 0 Å². The molecule has 0 aliphatic heterocycles. The van der Waals surface area contributed by atoms with Crippen molar-refractivity contribution in [1.82, 2.24) is 0 Å². The van der Waals surface area contributed by atoms with Crippen molar-refractivity contribution in [2.75, 3.05) is 0 Å². The molecular formula is C14H8Cl6O. The summed E-state index contributed by atoms with van der Waals surface area (Å²) >= 11 is 35.9. The molecule has 2 aromatic rings. The van der Waals surface area contributed by atoms with Crippen LogP contribution in [0.25, 0.3) is 0 Å². The minimum absolute atomic E-state index is 0.193. The van der Waals surface area contributed by atoms with Crippen LogP contribution in [0, 0.1) is 0 Å². The molecule has 0 atom stereocenters. The molecule has 0 aromatic heterocycles. The Bertz CT molecular complexity index is 616. The lowest BCUT2D eigenvalue weighted by Crippen LogP contribution is -2.13. The first-order valence-electron chi connectivity index (χ1n) is 5.70. The van der Waals surface area contributed by atoms with E-state index in [1.54, 1.807) is 30.3 Å². The molecule has 0 saturated carbocycles. The number of hydrogen-bond donors (Lipinski definition) is 0. The lowest BCUT2D eigenvalue weighted by Gasteiger charge is -2.24. The van der Waals surface area contributed by atoms with Gasteiger partial charge >= 0.3 is 0 Å². The summed E-state index contributed by atoms with van der Waals surface area (Å²) in [5, 5.41) is 0. The number of halogens is 6. The normalized spacial score (nSPS) is 12.3. The third-order valence-electron chi connectivity index (χ3n) is 2.59. The molecule has 0 saturated heterocycles. The van der Waals surface area contributed by atoms with Gasteiger partial charge in [0.05, 0.1) is 5.56 Å². The van der Waals surface area contributed by atoms with Gasteiger partial charge in [0, 0.05) is 5.56 Å². The summed E-state index contributed by atoms with van der Waals surface area (Å²) in [6.07, 6.45) is 0. The standard InChI is InChI=1S/C14H8Cl6O/c15-13(16,17)10-7-4-8-11(12(10)14(18,19)20)21-9-5-2-1-3-6-9/h1-8H. The van der Waals surface area contributed by atoms with E-state index in [1.165, 1.54) is 0 Å². The molecule has 0 radical (unpaired) electrons. The molecule has 0 unspecified atom stereocenters. The van der Waals surface area contributed by atoms with Crippen LogP contribution in [0.5, 0.6) is 11.5 Å². The number of benzene rings is 2. The third kappa shape index (κ3) is 4.48. The minimum atomic E-state index is -1.80. The monoisotopic (exact) mass is 402 g/mol. The molecule has 2 rings (SSSR count). The molecule has 21 heavy (non-hydrogen) atoms. The predicted octanol–water partition coefficient (Wildman–Crippen LogP) is 7.13. The lowest BCUT2D eigenvalue weighted by atomic mass is 10.1. The van der Waals surface area contributed by atoms with E-state index in [0.717, 1.165) is 0 Å². The fourth-order valence-corrected chi connectivity index (χ4v) is 2.82. The predicted molar refractivity (Wildman–Crippen MR) is 91.4 cm³/mol. The van der Waals surface area contributed by atoms with Gasteiger partial charge in [0.2, 0.25) is 7.59 Å². The summed E-state index contributed by atoms with van der Waals surface area (Å²) < 4.78 is 2.20. The van der Waals surface area contributed by atoms with Crippen molar-refractivity contribution in [3.8, 4) is 11.5 Å². The Morgan fingerprint density at radius 1 is 0.667 bits per heavy atom. The van der Waals surface area contributed by atoms with Crippen molar-refractivity contribution in [1.29, 1.82) is 0 Å². The van der Waals surface area contributed by atoms with Crippen molar-refractivity contribution in [2.45, 2.75) is 7.59 Å². The second-order valence-corrected chi connectivity index (χ2v) is 8.65. The molecule has 0 bridgehead atoms. The van der Waals surface area contributed by atoms with E-state index in [-0.39, 0.29) is 11.1 Å². The Labute approximate surface area is 152 Å². The summed E-state index contributed by atoms with van der Waals surface area (Å²) in [6.45, 7) is 0. The van der Waals surface area contributed by atoms with E-state index < -0.39 is 7.59 Å². The molecule has 112 valence electrons. The molecule has 2 aromatic carbocycles. The highest BCUT2D eigenvalue weighted by Gasteiger charge is 2.37. The second kappa shape index (κ2) is 6.62. The first-order chi connectivity index (χ1) is 9.69. The topological polar surface area (TPSA) is 9.23 Å². The Balaban J connectivity index is 2.56. The van der Waals surface area contributed by atoms with Gasteiger partial charge in [-0.15, -0.1) is 0 Å². The molecule has 1 nitrogen and oxygen atoms in total. The van der Waals surface area contributed by atoms with E-state index >= 15 is 0 Å². The van der Waals surface area contributed by atoms with E-state index in [1.807, 2.05) is 18.2 Å². The molecule has 7 heteroatoms. The number of hydrogen-bond acceptors (Lipinski definition) is 1. The number of alkyl halides is 6. The molecule has 0 N–H and O–H groups in total. The van der Waals surface area contributed by atoms with E-state index in [4.69, 9.17) is 74.3 Å². The average Bonchev–Trinajstić information content (AvgIpc) is 2.37. The van der Waals surface area contributed by atoms with Gasteiger partial charge in [-0.1, -0.05) is 99.9 Å². The van der Waals surface area contributed by atoms with Gasteiger partial charge in [0.25, 0.3) is 0 Å². The van der Waals surface area contributed by atoms with E-state index in [2.05, 4.69) is 0 Å². The van der Waals surface area contributed by atoms with Crippen molar-refractivity contribution < 1.29 is 4.74 Å². The quantitative estimate of drug-likeness (QED) is 0.483. The van der Waals surface area contributed by atoms with Crippen LogP contribution in [0.2, 0.25) is 0 Å². The smallest absolute Gasteiger partial charge is 0.220 e. The first-order valence-corrected chi connectivity index (χ1v) is 7.96. The van der Waals surface area contributed by atoms with Gasteiger partial charge in [-0.05, 0) is 18.2 Å². The largest absolute Gasteiger partial charge is 0.457 e. The van der Waals surface area contributed by atoms with Gasteiger partial charge in [-0.25, -0.2) is 0 Å². The zero-order valence-electron chi connectivity index (χ0n) is 10.3. The number of ether oxygens (including phenoxy) is 1.